The van der Waals surface area contributed by atoms with E-state index < -0.39 is 6.04 Å². The Hall–Kier alpha value is -2.16. The maximum absolute atomic E-state index is 13.1. The van der Waals surface area contributed by atoms with Crippen LogP contribution in [0.25, 0.3) is 0 Å². The Balaban J connectivity index is 1.91. The largest absolute Gasteiger partial charge is 0.356 e. The van der Waals surface area contributed by atoms with Gasteiger partial charge in [0.2, 0.25) is 23.6 Å². The number of rotatable bonds is 9. The number of carbonyl (C=O) groups excluding carboxylic acids is 4. The lowest BCUT2D eigenvalue weighted by Gasteiger charge is -2.28. The second-order valence-electron chi connectivity index (χ2n) is 8.03. The average Bonchev–Trinajstić information content (AvgIpc) is 3.14. The van der Waals surface area contributed by atoms with Crippen LogP contribution < -0.4 is 21.3 Å². The standard InChI is InChI=1S/C20H35N5O4/c1-14(26)22-9-4-3-5-18(24-19(28)16-6-10-21-11-7-16)20(29)25-12-8-17(13-25)23-15(2)27/h16-18,21H,3-13H2,1-2H3,(H,22,26)(H,23,27)(H,24,28)/t17-,18+/m0/s1. The highest BCUT2D eigenvalue weighted by Gasteiger charge is 2.33. The molecular formula is C20H35N5O4. The minimum atomic E-state index is -0.564. The zero-order chi connectivity index (χ0) is 21.2. The smallest absolute Gasteiger partial charge is 0.245 e. The fourth-order valence-electron chi connectivity index (χ4n) is 3.96. The molecule has 4 N–H and O–H groups in total. The van der Waals surface area contributed by atoms with Crippen molar-refractivity contribution in [3.05, 3.63) is 0 Å². The van der Waals surface area contributed by atoms with Crippen molar-refractivity contribution in [2.75, 3.05) is 32.7 Å². The second-order valence-corrected chi connectivity index (χ2v) is 8.03. The van der Waals surface area contributed by atoms with Gasteiger partial charge < -0.3 is 26.2 Å². The van der Waals surface area contributed by atoms with Crippen LogP contribution >= 0.6 is 0 Å². The van der Waals surface area contributed by atoms with Crippen molar-refractivity contribution in [1.82, 2.24) is 26.2 Å². The molecule has 2 fully saturated rings. The summed E-state index contributed by atoms with van der Waals surface area (Å²) >= 11 is 0. The summed E-state index contributed by atoms with van der Waals surface area (Å²) in [6, 6.07) is -0.595. The second kappa shape index (κ2) is 11.7. The molecule has 0 aliphatic carbocycles. The molecule has 0 aromatic carbocycles. The molecule has 0 spiro atoms. The SMILES string of the molecule is CC(=O)NCCCC[C@@H](NC(=O)C1CCNCC1)C(=O)N1CC[C@H](NC(C)=O)C1. The quantitative estimate of drug-likeness (QED) is 0.383. The Bertz CT molecular complexity index is 591. The van der Waals surface area contributed by atoms with E-state index in [4.69, 9.17) is 0 Å². The van der Waals surface area contributed by atoms with Crippen LogP contribution in [0, 0.1) is 5.92 Å². The van der Waals surface area contributed by atoms with E-state index in [1.165, 1.54) is 13.8 Å². The van der Waals surface area contributed by atoms with Crippen LogP contribution in [0.15, 0.2) is 0 Å². The summed E-state index contributed by atoms with van der Waals surface area (Å²) in [5.74, 6) is -0.364. The molecule has 2 aliphatic heterocycles. The van der Waals surface area contributed by atoms with Crippen molar-refractivity contribution < 1.29 is 19.2 Å². The molecule has 29 heavy (non-hydrogen) atoms. The Morgan fingerprint density at radius 3 is 2.41 bits per heavy atom. The molecule has 4 amide bonds. The topological polar surface area (TPSA) is 120 Å². The van der Waals surface area contributed by atoms with E-state index in [-0.39, 0.29) is 35.6 Å². The van der Waals surface area contributed by atoms with E-state index in [0.717, 1.165) is 45.2 Å². The number of unbranched alkanes of at least 4 members (excludes halogenated alkanes) is 1. The van der Waals surface area contributed by atoms with Crippen molar-refractivity contribution >= 4 is 23.6 Å². The van der Waals surface area contributed by atoms with Crippen molar-refractivity contribution in [2.45, 2.75) is 64.5 Å². The van der Waals surface area contributed by atoms with Crippen LogP contribution in [0.1, 0.15) is 52.4 Å². The van der Waals surface area contributed by atoms with E-state index >= 15 is 0 Å². The highest BCUT2D eigenvalue weighted by Crippen LogP contribution is 2.16. The van der Waals surface area contributed by atoms with Gasteiger partial charge in [0, 0.05) is 45.4 Å². The van der Waals surface area contributed by atoms with Crippen LogP contribution in [0.2, 0.25) is 0 Å². The first-order valence-corrected chi connectivity index (χ1v) is 10.7. The third-order valence-electron chi connectivity index (χ3n) is 5.53. The minimum absolute atomic E-state index is 0.0306. The summed E-state index contributed by atoms with van der Waals surface area (Å²) in [5, 5.41) is 11.8. The summed E-state index contributed by atoms with van der Waals surface area (Å²) in [6.45, 7) is 6.20. The average molecular weight is 410 g/mol. The molecule has 164 valence electrons. The fourth-order valence-corrected chi connectivity index (χ4v) is 3.96. The number of piperidine rings is 1. The van der Waals surface area contributed by atoms with Crippen molar-refractivity contribution in [1.29, 1.82) is 0 Å². The molecular weight excluding hydrogens is 374 g/mol. The molecule has 2 saturated heterocycles. The number of hydrogen-bond acceptors (Lipinski definition) is 5. The van der Waals surface area contributed by atoms with Gasteiger partial charge >= 0.3 is 0 Å². The van der Waals surface area contributed by atoms with Crippen molar-refractivity contribution in [3.8, 4) is 0 Å². The first kappa shape index (κ1) is 23.1. The normalized spacial score (nSPS) is 20.8. The number of carbonyl (C=O) groups is 4. The van der Waals surface area contributed by atoms with Gasteiger partial charge in [0.25, 0.3) is 0 Å². The van der Waals surface area contributed by atoms with E-state index in [9.17, 15) is 19.2 Å². The molecule has 9 heteroatoms. The van der Waals surface area contributed by atoms with Gasteiger partial charge in [-0.3, -0.25) is 19.2 Å². The number of amides is 4. The molecule has 0 saturated carbocycles. The highest BCUT2D eigenvalue weighted by molar-refractivity contribution is 5.88. The van der Waals surface area contributed by atoms with Gasteiger partial charge in [-0.15, -0.1) is 0 Å². The van der Waals surface area contributed by atoms with Crippen LogP contribution in [-0.2, 0) is 19.2 Å². The van der Waals surface area contributed by atoms with Crippen LogP contribution in [0.4, 0.5) is 0 Å². The van der Waals surface area contributed by atoms with Gasteiger partial charge in [-0.05, 0) is 51.6 Å². The van der Waals surface area contributed by atoms with Crippen LogP contribution in [0.3, 0.4) is 0 Å². The monoisotopic (exact) mass is 409 g/mol. The molecule has 0 aromatic rings. The van der Waals surface area contributed by atoms with Gasteiger partial charge in [-0.25, -0.2) is 0 Å². The number of nitrogens with zero attached hydrogens (tertiary/aromatic N) is 1. The Kier molecular flexibility index (Phi) is 9.37. The van der Waals surface area contributed by atoms with E-state index in [1.807, 2.05) is 0 Å². The Morgan fingerprint density at radius 1 is 1.03 bits per heavy atom. The first-order valence-electron chi connectivity index (χ1n) is 10.7. The molecule has 2 atom stereocenters. The van der Waals surface area contributed by atoms with Crippen molar-refractivity contribution in [3.63, 3.8) is 0 Å². The third-order valence-corrected chi connectivity index (χ3v) is 5.53. The summed E-state index contributed by atoms with van der Waals surface area (Å²) < 4.78 is 0. The predicted molar refractivity (Wildman–Crippen MR) is 109 cm³/mol. The maximum Gasteiger partial charge on any atom is 0.245 e. The molecule has 2 rings (SSSR count). The molecule has 0 aromatic heterocycles. The Labute approximate surface area is 172 Å². The predicted octanol–water partition coefficient (Wildman–Crippen LogP) is -0.486. The van der Waals surface area contributed by atoms with E-state index in [2.05, 4.69) is 21.3 Å². The maximum atomic E-state index is 13.1. The van der Waals surface area contributed by atoms with Crippen LogP contribution in [0.5, 0.6) is 0 Å². The van der Waals surface area contributed by atoms with Gasteiger partial charge in [0.15, 0.2) is 0 Å². The van der Waals surface area contributed by atoms with Gasteiger partial charge in [0.05, 0.1) is 0 Å². The molecule has 9 nitrogen and oxygen atoms in total. The molecule has 2 heterocycles. The van der Waals surface area contributed by atoms with E-state index in [0.29, 0.717) is 26.1 Å². The lowest BCUT2D eigenvalue weighted by atomic mass is 9.96. The summed E-state index contributed by atoms with van der Waals surface area (Å²) in [7, 11) is 0. The molecule has 0 unspecified atom stereocenters. The number of likely N-dealkylation sites (tertiary alicyclic amines) is 1. The lowest BCUT2D eigenvalue weighted by Crippen LogP contribution is -2.51. The van der Waals surface area contributed by atoms with Gasteiger partial charge in [0.1, 0.15) is 6.04 Å². The molecule has 0 bridgehead atoms. The zero-order valence-electron chi connectivity index (χ0n) is 17.6. The molecule has 0 radical (unpaired) electrons. The van der Waals surface area contributed by atoms with Crippen LogP contribution in [-0.4, -0.2) is 73.3 Å². The van der Waals surface area contributed by atoms with E-state index in [1.54, 1.807) is 4.90 Å². The zero-order valence-corrected chi connectivity index (χ0v) is 17.6. The van der Waals surface area contributed by atoms with Gasteiger partial charge in [-0.1, -0.05) is 0 Å². The summed E-state index contributed by atoms with van der Waals surface area (Å²) in [5.41, 5.74) is 0. The third kappa shape index (κ3) is 8.00. The number of nitrogens with one attached hydrogen (secondary N) is 4. The van der Waals surface area contributed by atoms with Crippen molar-refractivity contribution in [2.24, 2.45) is 5.92 Å². The summed E-state index contributed by atoms with van der Waals surface area (Å²) in [6.07, 6.45) is 4.31. The lowest BCUT2D eigenvalue weighted by molar-refractivity contribution is -0.137. The fraction of sp³-hybridized carbons (Fsp3) is 0.800. The number of hydrogen-bond donors (Lipinski definition) is 4. The molecule has 2 aliphatic rings. The Morgan fingerprint density at radius 2 is 1.76 bits per heavy atom. The highest BCUT2D eigenvalue weighted by atomic mass is 16.2. The minimum Gasteiger partial charge on any atom is -0.356 e. The first-order chi connectivity index (χ1) is 13.9. The van der Waals surface area contributed by atoms with Gasteiger partial charge in [-0.2, -0.15) is 0 Å². The summed E-state index contributed by atoms with van der Waals surface area (Å²) in [4.78, 5) is 49.8.